The molecule has 1 aromatic carbocycles. The first-order chi connectivity index (χ1) is 13.3. The van der Waals surface area contributed by atoms with Gasteiger partial charge < -0.3 is 9.88 Å². The van der Waals surface area contributed by atoms with Gasteiger partial charge in [0.05, 0.1) is 11.9 Å². The van der Waals surface area contributed by atoms with E-state index in [4.69, 9.17) is 0 Å². The Kier molecular flexibility index (Phi) is 5.25. The van der Waals surface area contributed by atoms with Crippen LogP contribution in [0.25, 0.3) is 0 Å². The lowest BCUT2D eigenvalue weighted by atomic mass is 10.2. The Hall–Kier alpha value is -2.99. The molecule has 0 bridgehead atoms. The minimum Gasteiger partial charge on any atom is -0.347 e. The molecule has 3 aromatic rings. The summed E-state index contributed by atoms with van der Waals surface area (Å²) in [7, 11) is 0. The second kappa shape index (κ2) is 8.14. The highest BCUT2D eigenvalue weighted by atomic mass is 16.1. The molecule has 0 radical (unpaired) electrons. The van der Waals surface area contributed by atoms with Crippen molar-refractivity contribution >= 4 is 5.91 Å². The van der Waals surface area contributed by atoms with E-state index in [1.54, 1.807) is 6.20 Å². The van der Waals surface area contributed by atoms with Crippen molar-refractivity contribution in [2.24, 2.45) is 0 Å². The van der Waals surface area contributed by atoms with Crippen LogP contribution in [0.5, 0.6) is 0 Å². The average molecular weight is 361 g/mol. The van der Waals surface area contributed by atoms with Crippen molar-refractivity contribution in [3.8, 4) is 0 Å². The Morgan fingerprint density at radius 3 is 2.67 bits per heavy atom. The molecule has 1 amide bonds. The number of nitrogens with one attached hydrogen (secondary N) is 1. The Balaban J connectivity index is 1.39. The van der Waals surface area contributed by atoms with Crippen LogP contribution < -0.4 is 5.32 Å². The van der Waals surface area contributed by atoms with E-state index in [1.807, 2.05) is 54.7 Å². The average Bonchev–Trinajstić information content (AvgIpc) is 3.02. The highest BCUT2D eigenvalue weighted by Crippen LogP contribution is 2.13. The summed E-state index contributed by atoms with van der Waals surface area (Å²) in [6.45, 7) is 3.89. The number of pyridine rings is 1. The zero-order valence-corrected chi connectivity index (χ0v) is 15.2. The van der Waals surface area contributed by atoms with Crippen LogP contribution in [-0.2, 0) is 26.1 Å². The maximum absolute atomic E-state index is 12.6. The summed E-state index contributed by atoms with van der Waals surface area (Å²) >= 11 is 0. The van der Waals surface area contributed by atoms with Gasteiger partial charge in [-0.1, -0.05) is 36.4 Å². The van der Waals surface area contributed by atoms with Crippen LogP contribution in [-0.4, -0.2) is 38.4 Å². The van der Waals surface area contributed by atoms with Gasteiger partial charge in [0.15, 0.2) is 0 Å². The zero-order chi connectivity index (χ0) is 18.5. The number of imidazole rings is 1. The van der Waals surface area contributed by atoms with Gasteiger partial charge in [0.2, 0.25) is 0 Å². The van der Waals surface area contributed by atoms with Crippen molar-refractivity contribution < 1.29 is 4.79 Å². The lowest BCUT2D eigenvalue weighted by Gasteiger charge is -2.19. The summed E-state index contributed by atoms with van der Waals surface area (Å²) in [4.78, 5) is 23.9. The quantitative estimate of drug-likeness (QED) is 0.757. The van der Waals surface area contributed by atoms with E-state index in [1.165, 1.54) is 0 Å². The van der Waals surface area contributed by atoms with E-state index in [-0.39, 0.29) is 5.91 Å². The first-order valence-electron chi connectivity index (χ1n) is 9.28. The summed E-state index contributed by atoms with van der Waals surface area (Å²) in [6.07, 6.45) is 4.36. The van der Waals surface area contributed by atoms with Crippen molar-refractivity contribution in [3.05, 3.63) is 83.7 Å². The SMILES string of the molecule is O=C(NCc1ccccc1)c1cnc2n1CCN(Cc1ccccn1)CC2. The standard InChI is InChI=1S/C21H23N5O/c27-21(24-14-17-6-2-1-3-7-17)19-15-23-20-9-11-25(12-13-26(19)20)16-18-8-4-5-10-22-18/h1-8,10,15H,9,11-14,16H2,(H,24,27). The van der Waals surface area contributed by atoms with Crippen LogP contribution in [0, 0.1) is 0 Å². The zero-order valence-electron chi connectivity index (χ0n) is 15.2. The van der Waals surface area contributed by atoms with E-state index < -0.39 is 0 Å². The summed E-state index contributed by atoms with van der Waals surface area (Å²) in [5, 5.41) is 3.00. The maximum atomic E-state index is 12.6. The molecule has 1 aliphatic heterocycles. The Morgan fingerprint density at radius 1 is 1.00 bits per heavy atom. The molecule has 0 unspecified atom stereocenters. The third-order valence-corrected chi connectivity index (χ3v) is 4.87. The van der Waals surface area contributed by atoms with E-state index in [9.17, 15) is 4.79 Å². The number of nitrogens with zero attached hydrogens (tertiary/aromatic N) is 4. The summed E-state index contributed by atoms with van der Waals surface area (Å²) < 4.78 is 2.05. The van der Waals surface area contributed by atoms with E-state index >= 15 is 0 Å². The van der Waals surface area contributed by atoms with Gasteiger partial charge >= 0.3 is 0 Å². The molecule has 27 heavy (non-hydrogen) atoms. The molecule has 6 nitrogen and oxygen atoms in total. The second-order valence-electron chi connectivity index (χ2n) is 6.73. The molecular formula is C21H23N5O. The van der Waals surface area contributed by atoms with E-state index in [0.29, 0.717) is 12.2 Å². The van der Waals surface area contributed by atoms with Gasteiger partial charge in [-0.3, -0.25) is 14.7 Å². The van der Waals surface area contributed by atoms with Crippen molar-refractivity contribution in [2.75, 3.05) is 13.1 Å². The van der Waals surface area contributed by atoms with Gasteiger partial charge in [0, 0.05) is 45.3 Å². The molecule has 138 valence electrons. The third-order valence-electron chi connectivity index (χ3n) is 4.87. The fraction of sp³-hybridized carbons (Fsp3) is 0.286. The molecule has 4 rings (SSSR count). The molecule has 0 saturated carbocycles. The van der Waals surface area contributed by atoms with Crippen LogP contribution in [0.1, 0.15) is 27.6 Å². The molecule has 0 fully saturated rings. The predicted octanol–water partition coefficient (Wildman–Crippen LogP) is 2.27. The first-order valence-corrected chi connectivity index (χ1v) is 9.28. The summed E-state index contributed by atoms with van der Waals surface area (Å²) in [5.41, 5.74) is 2.79. The third kappa shape index (κ3) is 4.23. The predicted molar refractivity (Wildman–Crippen MR) is 103 cm³/mol. The fourth-order valence-electron chi connectivity index (χ4n) is 3.40. The lowest BCUT2D eigenvalue weighted by Crippen LogP contribution is -2.28. The molecule has 3 heterocycles. The van der Waals surface area contributed by atoms with Gasteiger partial charge in [-0.25, -0.2) is 4.98 Å². The topological polar surface area (TPSA) is 63.1 Å². The van der Waals surface area contributed by atoms with Crippen LogP contribution in [0.2, 0.25) is 0 Å². The van der Waals surface area contributed by atoms with Crippen LogP contribution in [0.3, 0.4) is 0 Å². The minimum atomic E-state index is -0.0734. The smallest absolute Gasteiger partial charge is 0.269 e. The molecular weight excluding hydrogens is 338 g/mol. The first kappa shape index (κ1) is 17.4. The fourth-order valence-corrected chi connectivity index (χ4v) is 3.40. The molecule has 2 aromatic heterocycles. The number of benzene rings is 1. The van der Waals surface area contributed by atoms with Gasteiger partial charge in [-0.15, -0.1) is 0 Å². The minimum absolute atomic E-state index is 0.0734. The molecule has 0 saturated heterocycles. The monoisotopic (exact) mass is 361 g/mol. The Labute approximate surface area is 158 Å². The van der Waals surface area contributed by atoms with Gasteiger partial charge in [0.25, 0.3) is 5.91 Å². The van der Waals surface area contributed by atoms with Gasteiger partial charge in [0.1, 0.15) is 11.5 Å². The van der Waals surface area contributed by atoms with Crippen LogP contribution >= 0.6 is 0 Å². The Bertz CT molecular complexity index is 891. The van der Waals surface area contributed by atoms with Crippen molar-refractivity contribution in [3.63, 3.8) is 0 Å². The highest BCUT2D eigenvalue weighted by molar-refractivity contribution is 5.92. The summed E-state index contributed by atoms with van der Waals surface area (Å²) in [6, 6.07) is 15.9. The number of fused-ring (bicyclic) bond motifs is 1. The van der Waals surface area contributed by atoms with Gasteiger partial charge in [-0.2, -0.15) is 0 Å². The van der Waals surface area contributed by atoms with Gasteiger partial charge in [-0.05, 0) is 17.7 Å². The molecule has 0 spiro atoms. The number of carbonyl (C=O) groups excluding carboxylic acids is 1. The van der Waals surface area contributed by atoms with Crippen LogP contribution in [0.15, 0.2) is 60.9 Å². The second-order valence-corrected chi connectivity index (χ2v) is 6.73. The van der Waals surface area contributed by atoms with Crippen molar-refractivity contribution in [2.45, 2.75) is 26.1 Å². The van der Waals surface area contributed by atoms with Crippen molar-refractivity contribution in [1.82, 2.24) is 24.8 Å². The number of carbonyl (C=O) groups is 1. The maximum Gasteiger partial charge on any atom is 0.269 e. The molecule has 0 atom stereocenters. The number of aromatic nitrogens is 3. The molecule has 0 aliphatic carbocycles. The number of hydrogen-bond acceptors (Lipinski definition) is 4. The van der Waals surface area contributed by atoms with Crippen LogP contribution in [0.4, 0.5) is 0 Å². The van der Waals surface area contributed by atoms with E-state index in [2.05, 4.69) is 24.8 Å². The number of amides is 1. The number of rotatable bonds is 5. The molecule has 6 heteroatoms. The summed E-state index contributed by atoms with van der Waals surface area (Å²) in [5.74, 6) is 0.902. The normalized spacial score (nSPS) is 14.4. The molecule has 1 aliphatic rings. The largest absolute Gasteiger partial charge is 0.347 e. The highest BCUT2D eigenvalue weighted by Gasteiger charge is 2.21. The van der Waals surface area contributed by atoms with Crippen molar-refractivity contribution in [1.29, 1.82) is 0 Å². The number of hydrogen-bond donors (Lipinski definition) is 1. The lowest BCUT2D eigenvalue weighted by molar-refractivity contribution is 0.0940. The van der Waals surface area contributed by atoms with E-state index in [0.717, 1.165) is 49.7 Å². The molecule has 1 N–H and O–H groups in total. The Morgan fingerprint density at radius 2 is 1.85 bits per heavy atom.